The number of thioether (sulfide) groups is 1. The van der Waals surface area contributed by atoms with Gasteiger partial charge in [-0.05, 0) is 12.1 Å². The lowest BCUT2D eigenvalue weighted by atomic mass is 10.2. The summed E-state index contributed by atoms with van der Waals surface area (Å²) in [6.07, 6.45) is 0. The molecule has 0 atom stereocenters. The Morgan fingerprint density at radius 2 is 2.07 bits per heavy atom. The molecule has 0 aromatic heterocycles. The van der Waals surface area contributed by atoms with E-state index in [2.05, 4.69) is 15.9 Å². The summed E-state index contributed by atoms with van der Waals surface area (Å²) in [5.74, 6) is 0.801. The summed E-state index contributed by atoms with van der Waals surface area (Å²) in [6, 6.07) is 9.21. The van der Waals surface area contributed by atoms with Crippen LogP contribution in [0.3, 0.4) is 0 Å². The summed E-state index contributed by atoms with van der Waals surface area (Å²) in [5.41, 5.74) is 0.693. The predicted molar refractivity (Wildman–Crippen MR) is 61.4 cm³/mol. The zero-order valence-corrected chi connectivity index (χ0v) is 9.77. The van der Waals surface area contributed by atoms with E-state index in [4.69, 9.17) is 5.26 Å². The highest BCUT2D eigenvalue weighted by atomic mass is 79.9. The van der Waals surface area contributed by atoms with Crippen LogP contribution in [0.2, 0.25) is 0 Å². The highest BCUT2D eigenvalue weighted by Gasteiger charge is 2.04. The van der Waals surface area contributed by atoms with Crippen molar-refractivity contribution < 1.29 is 4.79 Å². The Bertz CT molecular complexity index is 355. The molecule has 0 saturated heterocycles. The number of nitriles is 1. The van der Waals surface area contributed by atoms with Crippen LogP contribution in [-0.4, -0.2) is 17.3 Å². The average Bonchev–Trinajstić information content (AvgIpc) is 2.19. The number of Topliss-reactive ketones (excluding diaryl/α,β-unsaturated/α-hetero) is 1. The minimum absolute atomic E-state index is 0.0674. The van der Waals surface area contributed by atoms with Crippen LogP contribution < -0.4 is 0 Å². The van der Waals surface area contributed by atoms with E-state index in [0.717, 1.165) is 4.47 Å². The maximum atomic E-state index is 11.5. The smallest absolute Gasteiger partial charge is 0.172 e. The van der Waals surface area contributed by atoms with Gasteiger partial charge in [-0.3, -0.25) is 4.79 Å². The molecular weight excluding hydrogens is 262 g/mol. The van der Waals surface area contributed by atoms with Crippen molar-refractivity contribution in [1.29, 1.82) is 5.26 Å². The van der Waals surface area contributed by atoms with Crippen molar-refractivity contribution in [3.63, 3.8) is 0 Å². The molecule has 0 fully saturated rings. The fourth-order valence-electron chi connectivity index (χ4n) is 0.908. The number of halogens is 1. The molecule has 2 nitrogen and oxygen atoms in total. The summed E-state index contributed by atoms with van der Waals surface area (Å²) >= 11 is 4.64. The van der Waals surface area contributed by atoms with Crippen LogP contribution >= 0.6 is 27.7 Å². The van der Waals surface area contributed by atoms with Gasteiger partial charge in [0.25, 0.3) is 0 Å². The third kappa shape index (κ3) is 3.52. The average molecular weight is 270 g/mol. The predicted octanol–water partition coefficient (Wildman–Crippen LogP) is 2.89. The number of benzene rings is 1. The van der Waals surface area contributed by atoms with E-state index in [9.17, 15) is 4.79 Å². The van der Waals surface area contributed by atoms with E-state index in [0.29, 0.717) is 17.1 Å². The molecule has 0 unspecified atom stereocenters. The quantitative estimate of drug-likeness (QED) is 0.624. The van der Waals surface area contributed by atoms with E-state index >= 15 is 0 Å². The molecule has 0 aliphatic heterocycles. The molecule has 4 heteroatoms. The highest BCUT2D eigenvalue weighted by molar-refractivity contribution is 9.10. The Kier molecular flexibility index (Phi) is 4.71. The number of hydrogen-bond donors (Lipinski definition) is 0. The van der Waals surface area contributed by atoms with Crippen LogP contribution in [0, 0.1) is 11.3 Å². The minimum atomic E-state index is 0.0674. The van der Waals surface area contributed by atoms with Crippen LogP contribution in [-0.2, 0) is 0 Å². The molecule has 0 saturated carbocycles. The summed E-state index contributed by atoms with van der Waals surface area (Å²) < 4.78 is 0.957. The monoisotopic (exact) mass is 269 g/mol. The van der Waals surface area contributed by atoms with Crippen LogP contribution in [0.5, 0.6) is 0 Å². The van der Waals surface area contributed by atoms with E-state index in [1.807, 2.05) is 18.2 Å². The number of carbonyl (C=O) groups excluding carboxylic acids is 1. The van der Waals surface area contributed by atoms with Gasteiger partial charge < -0.3 is 0 Å². The van der Waals surface area contributed by atoms with Crippen LogP contribution in [0.4, 0.5) is 0 Å². The van der Waals surface area contributed by atoms with Crippen LogP contribution in [0.1, 0.15) is 10.4 Å². The second kappa shape index (κ2) is 5.84. The number of carbonyl (C=O) groups is 1. The summed E-state index contributed by atoms with van der Waals surface area (Å²) in [6.45, 7) is 0. The summed E-state index contributed by atoms with van der Waals surface area (Å²) in [7, 11) is 0. The lowest BCUT2D eigenvalue weighted by Crippen LogP contribution is -2.02. The zero-order chi connectivity index (χ0) is 10.4. The summed E-state index contributed by atoms with van der Waals surface area (Å²) in [5, 5.41) is 8.30. The van der Waals surface area contributed by atoms with Crippen molar-refractivity contribution in [2.45, 2.75) is 0 Å². The Hall–Kier alpha value is -0.790. The first-order valence-electron chi connectivity index (χ1n) is 3.97. The molecule has 0 heterocycles. The topological polar surface area (TPSA) is 40.9 Å². The number of rotatable bonds is 4. The lowest BCUT2D eigenvalue weighted by Gasteiger charge is -1.98. The molecule has 0 bridgehead atoms. The first-order chi connectivity index (χ1) is 6.74. The Balaban J connectivity index is 2.53. The normalized spacial score (nSPS) is 9.43. The molecule has 1 aromatic carbocycles. The van der Waals surface area contributed by atoms with Gasteiger partial charge in [0.15, 0.2) is 5.78 Å². The fraction of sp³-hybridized carbons (Fsp3) is 0.200. The lowest BCUT2D eigenvalue weighted by molar-refractivity contribution is 0.102. The van der Waals surface area contributed by atoms with Crippen molar-refractivity contribution in [2.75, 3.05) is 11.5 Å². The van der Waals surface area contributed by atoms with Gasteiger partial charge in [0.05, 0.1) is 17.6 Å². The van der Waals surface area contributed by atoms with Crippen molar-refractivity contribution >= 4 is 33.5 Å². The van der Waals surface area contributed by atoms with Gasteiger partial charge in [0.1, 0.15) is 0 Å². The van der Waals surface area contributed by atoms with E-state index in [1.165, 1.54) is 11.8 Å². The molecule has 14 heavy (non-hydrogen) atoms. The molecule has 0 aliphatic carbocycles. The number of nitrogens with zero attached hydrogens (tertiary/aromatic N) is 1. The largest absolute Gasteiger partial charge is 0.293 e. The van der Waals surface area contributed by atoms with Crippen molar-refractivity contribution in [1.82, 2.24) is 0 Å². The molecule has 0 aliphatic rings. The first-order valence-corrected chi connectivity index (χ1v) is 5.92. The Labute approximate surface area is 95.4 Å². The van der Waals surface area contributed by atoms with Gasteiger partial charge in [-0.15, -0.1) is 11.8 Å². The first kappa shape index (κ1) is 11.3. The van der Waals surface area contributed by atoms with Crippen molar-refractivity contribution in [2.24, 2.45) is 0 Å². The second-order valence-corrected chi connectivity index (χ2v) is 4.48. The van der Waals surface area contributed by atoms with Gasteiger partial charge in [0, 0.05) is 10.0 Å². The van der Waals surface area contributed by atoms with Gasteiger partial charge in [-0.1, -0.05) is 28.1 Å². The molecular formula is C10H8BrNOS. The summed E-state index contributed by atoms with van der Waals surface area (Å²) in [4.78, 5) is 11.5. The standard InChI is InChI=1S/C10H8BrNOS/c11-9-3-1-8(2-4-9)10(13)7-14-6-5-12/h1-4H,6-7H2. The maximum absolute atomic E-state index is 11.5. The number of hydrogen-bond acceptors (Lipinski definition) is 3. The molecule has 1 rings (SSSR count). The second-order valence-electron chi connectivity index (χ2n) is 2.58. The maximum Gasteiger partial charge on any atom is 0.172 e. The molecule has 0 radical (unpaired) electrons. The SMILES string of the molecule is N#CCSCC(=O)c1ccc(Br)cc1. The third-order valence-electron chi connectivity index (χ3n) is 1.57. The zero-order valence-electron chi connectivity index (χ0n) is 7.37. The van der Waals surface area contributed by atoms with Crippen LogP contribution in [0.25, 0.3) is 0 Å². The molecule has 72 valence electrons. The third-order valence-corrected chi connectivity index (χ3v) is 2.89. The van der Waals surface area contributed by atoms with Gasteiger partial charge in [-0.25, -0.2) is 0 Å². The van der Waals surface area contributed by atoms with E-state index in [1.54, 1.807) is 12.1 Å². The molecule has 0 spiro atoms. The Morgan fingerprint density at radius 3 is 2.64 bits per heavy atom. The van der Waals surface area contributed by atoms with Crippen molar-refractivity contribution in [3.05, 3.63) is 34.3 Å². The van der Waals surface area contributed by atoms with E-state index < -0.39 is 0 Å². The van der Waals surface area contributed by atoms with Crippen molar-refractivity contribution in [3.8, 4) is 6.07 Å². The minimum Gasteiger partial charge on any atom is -0.293 e. The van der Waals surface area contributed by atoms with Gasteiger partial charge in [-0.2, -0.15) is 5.26 Å². The molecule has 1 aromatic rings. The number of ketones is 1. The Morgan fingerprint density at radius 1 is 1.43 bits per heavy atom. The molecule has 0 N–H and O–H groups in total. The molecule has 0 amide bonds. The van der Waals surface area contributed by atoms with Crippen LogP contribution in [0.15, 0.2) is 28.7 Å². The fourth-order valence-corrected chi connectivity index (χ4v) is 1.72. The highest BCUT2D eigenvalue weighted by Crippen LogP contribution is 2.12. The van der Waals surface area contributed by atoms with E-state index in [-0.39, 0.29) is 5.78 Å². The van der Waals surface area contributed by atoms with Gasteiger partial charge >= 0.3 is 0 Å². The van der Waals surface area contributed by atoms with Gasteiger partial charge in [0.2, 0.25) is 0 Å².